The number of anilines is 1. The quantitative estimate of drug-likeness (QED) is 0.629. The summed E-state index contributed by atoms with van der Waals surface area (Å²) in [4.78, 5) is 26.4. The monoisotopic (exact) mass is 411 g/mol. The second-order valence-electron chi connectivity index (χ2n) is 6.27. The van der Waals surface area contributed by atoms with Gasteiger partial charge in [0, 0.05) is 17.4 Å². The van der Waals surface area contributed by atoms with Gasteiger partial charge in [0.2, 0.25) is 11.7 Å². The highest BCUT2D eigenvalue weighted by atomic mass is 32.2. The maximum Gasteiger partial charge on any atom is 0.416 e. The van der Waals surface area contributed by atoms with Crippen LogP contribution in [0.15, 0.2) is 40.3 Å². The summed E-state index contributed by atoms with van der Waals surface area (Å²) >= 11 is 1.10. The molecule has 0 unspecified atom stereocenters. The summed E-state index contributed by atoms with van der Waals surface area (Å²) in [5.41, 5.74) is -0.114. The van der Waals surface area contributed by atoms with Crippen LogP contribution >= 0.6 is 11.8 Å². The number of benzene rings is 1. The first-order valence-electron chi connectivity index (χ1n) is 8.23. The molecular weight excluding hydrogens is 395 g/mol. The van der Waals surface area contributed by atoms with Gasteiger partial charge in [-0.25, -0.2) is 0 Å². The highest BCUT2D eigenvalue weighted by Crippen LogP contribution is 2.30. The Labute approximate surface area is 161 Å². The van der Waals surface area contributed by atoms with E-state index in [1.807, 2.05) is 13.8 Å². The van der Waals surface area contributed by atoms with Gasteiger partial charge < -0.3 is 5.32 Å². The summed E-state index contributed by atoms with van der Waals surface area (Å²) in [5.74, 6) is -0.127. The van der Waals surface area contributed by atoms with Crippen LogP contribution in [0.3, 0.4) is 0 Å². The van der Waals surface area contributed by atoms with Gasteiger partial charge in [0.25, 0.3) is 5.56 Å². The van der Waals surface area contributed by atoms with Crippen LogP contribution in [-0.4, -0.2) is 31.2 Å². The van der Waals surface area contributed by atoms with E-state index in [0.29, 0.717) is 10.9 Å². The Morgan fingerprint density at radius 1 is 1.25 bits per heavy atom. The van der Waals surface area contributed by atoms with Crippen molar-refractivity contribution in [3.8, 4) is 0 Å². The molecule has 2 heterocycles. The first kappa shape index (κ1) is 19.9. The Hall–Kier alpha value is -2.82. The van der Waals surface area contributed by atoms with Gasteiger partial charge in [0.05, 0.1) is 11.3 Å². The summed E-state index contributed by atoms with van der Waals surface area (Å²) in [7, 11) is 0. The van der Waals surface area contributed by atoms with Crippen molar-refractivity contribution in [2.75, 3.05) is 11.1 Å². The molecule has 28 heavy (non-hydrogen) atoms. The molecule has 0 aliphatic carbocycles. The lowest BCUT2D eigenvalue weighted by molar-refractivity contribution is -0.137. The number of thioether (sulfide) groups is 1. The normalized spacial score (nSPS) is 11.9. The van der Waals surface area contributed by atoms with E-state index in [1.165, 1.54) is 18.2 Å². The van der Waals surface area contributed by atoms with E-state index in [1.54, 1.807) is 4.40 Å². The molecule has 7 nitrogen and oxygen atoms in total. The molecule has 0 bridgehead atoms. The van der Waals surface area contributed by atoms with Crippen LogP contribution in [0.1, 0.15) is 31.0 Å². The first-order valence-corrected chi connectivity index (χ1v) is 9.22. The molecule has 1 aromatic carbocycles. The van der Waals surface area contributed by atoms with Gasteiger partial charge in [-0.3, -0.25) is 19.0 Å². The summed E-state index contributed by atoms with van der Waals surface area (Å²) < 4.78 is 39.4. The number of alkyl halides is 3. The number of aromatic amines is 1. The van der Waals surface area contributed by atoms with Crippen LogP contribution in [0.5, 0.6) is 0 Å². The number of amides is 1. The number of aromatic nitrogens is 4. The molecule has 3 aromatic rings. The number of hydrogen-bond acceptors (Lipinski definition) is 5. The molecule has 0 saturated heterocycles. The summed E-state index contributed by atoms with van der Waals surface area (Å²) in [6.07, 6.45) is -4.43. The van der Waals surface area contributed by atoms with Crippen LogP contribution in [0.2, 0.25) is 0 Å². The van der Waals surface area contributed by atoms with Crippen LogP contribution < -0.4 is 10.9 Å². The predicted molar refractivity (Wildman–Crippen MR) is 98.5 cm³/mol. The fourth-order valence-corrected chi connectivity index (χ4v) is 3.27. The van der Waals surface area contributed by atoms with E-state index >= 15 is 0 Å². The molecule has 1 amide bonds. The number of halogens is 3. The van der Waals surface area contributed by atoms with Gasteiger partial charge >= 0.3 is 6.18 Å². The van der Waals surface area contributed by atoms with E-state index < -0.39 is 17.6 Å². The predicted octanol–water partition coefficient (Wildman–Crippen LogP) is 3.29. The van der Waals surface area contributed by atoms with Gasteiger partial charge in [0.15, 0.2) is 5.16 Å². The molecule has 0 radical (unpaired) electrons. The lowest BCUT2D eigenvalue weighted by atomic mass is 10.1. The molecule has 148 valence electrons. The van der Waals surface area contributed by atoms with Crippen molar-refractivity contribution in [2.24, 2.45) is 0 Å². The third-order valence-electron chi connectivity index (χ3n) is 3.83. The van der Waals surface area contributed by atoms with Gasteiger partial charge in [-0.05, 0) is 30.2 Å². The Kier molecular flexibility index (Phi) is 5.45. The van der Waals surface area contributed by atoms with Crippen LogP contribution in [0.4, 0.5) is 18.9 Å². The maximum absolute atomic E-state index is 12.6. The molecule has 2 aromatic heterocycles. The van der Waals surface area contributed by atoms with Gasteiger partial charge in [0.1, 0.15) is 0 Å². The van der Waals surface area contributed by atoms with Gasteiger partial charge in [-0.1, -0.05) is 25.6 Å². The lowest BCUT2D eigenvalue weighted by Crippen LogP contribution is -2.15. The molecule has 0 fully saturated rings. The molecule has 0 aliphatic heterocycles. The fourth-order valence-electron chi connectivity index (χ4n) is 2.52. The van der Waals surface area contributed by atoms with Crippen molar-refractivity contribution < 1.29 is 18.0 Å². The fraction of sp³-hybridized carbons (Fsp3) is 0.294. The van der Waals surface area contributed by atoms with Crippen molar-refractivity contribution in [3.05, 3.63) is 51.9 Å². The Morgan fingerprint density at radius 2 is 1.93 bits per heavy atom. The van der Waals surface area contributed by atoms with E-state index in [9.17, 15) is 22.8 Å². The number of nitrogens with zero attached hydrogens (tertiary/aromatic N) is 3. The zero-order chi connectivity index (χ0) is 20.5. The minimum atomic E-state index is -4.43. The number of nitrogens with one attached hydrogen (secondary N) is 2. The van der Waals surface area contributed by atoms with Crippen LogP contribution in [0.25, 0.3) is 5.78 Å². The average Bonchev–Trinajstić information content (AvgIpc) is 3.01. The number of carbonyl (C=O) groups excluding carboxylic acids is 1. The average molecular weight is 411 g/mol. The van der Waals surface area contributed by atoms with Crippen molar-refractivity contribution in [1.29, 1.82) is 0 Å². The standard InChI is InChI=1S/C17H16F3N5O2S/c1-9(2)12-7-13(26)22-15-23-24-16(25(12)15)28-8-14(27)21-11-5-3-10(4-6-11)17(18,19)20/h3-7,9H,8H2,1-2H3,(H,21,27)(H,22,23,26). The Bertz CT molecular complexity index is 1060. The van der Waals surface area contributed by atoms with Crippen molar-refractivity contribution in [3.63, 3.8) is 0 Å². The smallest absolute Gasteiger partial charge is 0.325 e. The van der Waals surface area contributed by atoms with E-state index in [4.69, 9.17) is 0 Å². The molecule has 0 atom stereocenters. The zero-order valence-corrected chi connectivity index (χ0v) is 15.7. The molecule has 3 rings (SSSR count). The summed E-state index contributed by atoms with van der Waals surface area (Å²) in [5, 5.41) is 10.9. The van der Waals surface area contributed by atoms with Gasteiger partial charge in [-0.2, -0.15) is 13.2 Å². The molecule has 0 saturated carbocycles. The zero-order valence-electron chi connectivity index (χ0n) is 14.9. The van der Waals surface area contributed by atoms with Gasteiger partial charge in [-0.15, -0.1) is 10.2 Å². The topological polar surface area (TPSA) is 92.2 Å². The SMILES string of the molecule is CC(C)c1cc(=O)[nH]c2nnc(SCC(=O)Nc3ccc(C(F)(F)F)cc3)n12. The van der Waals surface area contributed by atoms with E-state index in [2.05, 4.69) is 20.5 Å². The summed E-state index contributed by atoms with van der Waals surface area (Å²) in [6, 6.07) is 5.65. The number of hydrogen-bond donors (Lipinski definition) is 2. The second-order valence-corrected chi connectivity index (χ2v) is 7.21. The minimum Gasteiger partial charge on any atom is -0.325 e. The number of rotatable bonds is 5. The molecule has 11 heteroatoms. The van der Waals surface area contributed by atoms with E-state index in [-0.39, 0.29) is 28.7 Å². The number of fused-ring (bicyclic) bond motifs is 1. The number of carbonyl (C=O) groups is 1. The van der Waals surface area contributed by atoms with E-state index in [0.717, 1.165) is 23.9 Å². The van der Waals surface area contributed by atoms with Crippen molar-refractivity contribution in [2.45, 2.75) is 31.1 Å². The molecule has 2 N–H and O–H groups in total. The Morgan fingerprint density at radius 3 is 2.54 bits per heavy atom. The highest BCUT2D eigenvalue weighted by molar-refractivity contribution is 7.99. The lowest BCUT2D eigenvalue weighted by Gasteiger charge is -2.10. The summed E-state index contributed by atoms with van der Waals surface area (Å²) in [6.45, 7) is 3.83. The maximum atomic E-state index is 12.6. The molecule has 0 spiro atoms. The van der Waals surface area contributed by atoms with Crippen molar-refractivity contribution in [1.82, 2.24) is 19.6 Å². The number of H-pyrrole nitrogens is 1. The second kappa shape index (κ2) is 7.66. The first-order chi connectivity index (χ1) is 13.1. The van der Waals surface area contributed by atoms with Crippen LogP contribution in [0, 0.1) is 0 Å². The minimum absolute atomic E-state index is 0.0288. The Balaban J connectivity index is 1.70. The molecule has 0 aliphatic rings. The third-order valence-corrected chi connectivity index (χ3v) is 4.75. The highest BCUT2D eigenvalue weighted by Gasteiger charge is 2.30. The third kappa shape index (κ3) is 4.35. The van der Waals surface area contributed by atoms with Crippen molar-refractivity contribution >= 4 is 29.1 Å². The van der Waals surface area contributed by atoms with Crippen LogP contribution in [-0.2, 0) is 11.0 Å². The largest absolute Gasteiger partial charge is 0.416 e. The molecular formula is C17H16F3N5O2S.